The first-order valence-electron chi connectivity index (χ1n) is 14.8. The maximum Gasteiger partial charge on any atom is 0.314 e. The Morgan fingerprint density at radius 1 is 0.775 bits per heavy atom. The first-order chi connectivity index (χ1) is 19.3. The molecule has 0 heterocycles. The number of esters is 1. The number of ether oxygens (including phenoxy) is 2. The van der Waals surface area contributed by atoms with E-state index in [1.807, 2.05) is 0 Å². The van der Waals surface area contributed by atoms with E-state index in [0.29, 0.717) is 24.7 Å². The third-order valence-corrected chi connectivity index (χ3v) is 8.80. The molecular formula is C33H40F4O3. The molecule has 2 aromatic rings. The molecule has 0 aliphatic heterocycles. The molecule has 0 saturated heterocycles. The van der Waals surface area contributed by atoms with Crippen molar-refractivity contribution < 1.29 is 31.8 Å². The Balaban J connectivity index is 1.33. The lowest BCUT2D eigenvalue weighted by Gasteiger charge is -2.37. The van der Waals surface area contributed by atoms with Gasteiger partial charge in [0.15, 0.2) is 23.1 Å². The maximum absolute atomic E-state index is 14.9. The lowest BCUT2D eigenvalue weighted by Crippen LogP contribution is -2.30. The topological polar surface area (TPSA) is 35.5 Å². The summed E-state index contributed by atoms with van der Waals surface area (Å²) in [4.78, 5) is 12.8. The van der Waals surface area contributed by atoms with Crippen LogP contribution in [0.1, 0.15) is 90.9 Å². The van der Waals surface area contributed by atoms with E-state index in [0.717, 1.165) is 43.0 Å². The molecule has 2 fully saturated rings. The predicted octanol–water partition coefficient (Wildman–Crippen LogP) is 9.92. The van der Waals surface area contributed by atoms with Crippen LogP contribution < -0.4 is 9.47 Å². The van der Waals surface area contributed by atoms with Crippen LogP contribution in [0.3, 0.4) is 0 Å². The minimum absolute atomic E-state index is 0.361. The van der Waals surface area contributed by atoms with Crippen LogP contribution in [0.2, 0.25) is 0 Å². The van der Waals surface area contributed by atoms with Gasteiger partial charge in [-0.25, -0.2) is 8.78 Å². The number of rotatable bonds is 10. The minimum Gasteiger partial charge on any atom is -0.462 e. The monoisotopic (exact) mass is 560 g/mol. The SMILES string of the molecule is CC=COc1ccc(-c2ccc(OC(=O)C3CCC(C4CCC(CCCCC)CC4)CC3)c(F)c2F)c(F)c1F. The molecular weight excluding hydrogens is 520 g/mol. The van der Waals surface area contributed by atoms with Crippen molar-refractivity contribution in [1.82, 2.24) is 0 Å². The molecule has 0 spiro atoms. The van der Waals surface area contributed by atoms with Crippen molar-refractivity contribution >= 4 is 5.97 Å². The normalized spacial score (nSPS) is 23.4. The predicted molar refractivity (Wildman–Crippen MR) is 148 cm³/mol. The van der Waals surface area contributed by atoms with Crippen LogP contribution in [0.5, 0.6) is 11.5 Å². The molecule has 0 amide bonds. The second-order valence-electron chi connectivity index (χ2n) is 11.4. The molecule has 218 valence electrons. The summed E-state index contributed by atoms with van der Waals surface area (Å²) in [6.45, 7) is 3.88. The zero-order valence-corrected chi connectivity index (χ0v) is 23.5. The summed E-state index contributed by atoms with van der Waals surface area (Å²) in [7, 11) is 0. The number of benzene rings is 2. The van der Waals surface area contributed by atoms with Gasteiger partial charge in [-0.2, -0.15) is 8.78 Å². The molecule has 0 aromatic heterocycles. The number of hydrogen-bond donors (Lipinski definition) is 0. The van der Waals surface area contributed by atoms with Crippen LogP contribution in [-0.2, 0) is 4.79 Å². The third-order valence-electron chi connectivity index (χ3n) is 8.80. The highest BCUT2D eigenvalue weighted by molar-refractivity contribution is 5.76. The summed E-state index contributed by atoms with van der Waals surface area (Å²) in [6.07, 6.45) is 16.3. The van der Waals surface area contributed by atoms with Crippen LogP contribution in [0, 0.1) is 46.9 Å². The van der Waals surface area contributed by atoms with Gasteiger partial charge in [-0.15, -0.1) is 0 Å². The molecule has 0 unspecified atom stereocenters. The van der Waals surface area contributed by atoms with Gasteiger partial charge in [0.2, 0.25) is 11.6 Å². The first-order valence-corrected chi connectivity index (χ1v) is 14.8. The van der Waals surface area contributed by atoms with Gasteiger partial charge in [-0.3, -0.25) is 4.79 Å². The lowest BCUT2D eigenvalue weighted by molar-refractivity contribution is -0.140. The van der Waals surface area contributed by atoms with Crippen LogP contribution in [0.4, 0.5) is 17.6 Å². The highest BCUT2D eigenvalue weighted by Crippen LogP contribution is 2.43. The van der Waals surface area contributed by atoms with Crippen LogP contribution in [0.15, 0.2) is 36.6 Å². The summed E-state index contributed by atoms with van der Waals surface area (Å²) < 4.78 is 69.0. The number of hydrogen-bond acceptors (Lipinski definition) is 3. The van der Waals surface area contributed by atoms with E-state index >= 15 is 0 Å². The smallest absolute Gasteiger partial charge is 0.314 e. The molecule has 0 radical (unpaired) electrons. The number of halogens is 4. The fraction of sp³-hybridized carbons (Fsp3) is 0.545. The molecule has 0 bridgehead atoms. The molecule has 7 heteroatoms. The van der Waals surface area contributed by atoms with Crippen molar-refractivity contribution in [3.63, 3.8) is 0 Å². The van der Waals surface area contributed by atoms with Gasteiger partial charge in [-0.1, -0.05) is 51.5 Å². The number of carbonyl (C=O) groups is 1. The Kier molecular flexibility index (Phi) is 10.7. The number of carbonyl (C=O) groups excluding carboxylic acids is 1. The van der Waals surface area contributed by atoms with Gasteiger partial charge in [0.05, 0.1) is 12.2 Å². The summed E-state index contributed by atoms with van der Waals surface area (Å²) in [6, 6.07) is 4.41. The van der Waals surface area contributed by atoms with Crippen molar-refractivity contribution in [1.29, 1.82) is 0 Å². The van der Waals surface area contributed by atoms with Gasteiger partial charge in [0, 0.05) is 11.1 Å². The molecule has 0 N–H and O–H groups in total. The van der Waals surface area contributed by atoms with Gasteiger partial charge in [0.1, 0.15) is 0 Å². The average molecular weight is 561 g/mol. The van der Waals surface area contributed by atoms with E-state index in [2.05, 4.69) is 6.92 Å². The van der Waals surface area contributed by atoms with E-state index in [1.165, 1.54) is 63.7 Å². The molecule has 2 aromatic carbocycles. The molecule has 2 aliphatic rings. The third kappa shape index (κ3) is 7.08. The highest BCUT2D eigenvalue weighted by atomic mass is 19.2. The van der Waals surface area contributed by atoms with Crippen molar-refractivity contribution in [3.05, 3.63) is 59.9 Å². The zero-order chi connectivity index (χ0) is 28.6. The average Bonchev–Trinajstić information content (AvgIpc) is 2.97. The van der Waals surface area contributed by atoms with Crippen LogP contribution in [0.25, 0.3) is 11.1 Å². The van der Waals surface area contributed by atoms with Gasteiger partial charge in [0.25, 0.3) is 0 Å². The Morgan fingerprint density at radius 2 is 1.32 bits per heavy atom. The van der Waals surface area contributed by atoms with Crippen molar-refractivity contribution in [3.8, 4) is 22.6 Å². The Labute approximate surface area is 235 Å². The molecule has 3 nitrogen and oxygen atoms in total. The second-order valence-corrected chi connectivity index (χ2v) is 11.4. The number of unbranched alkanes of at least 4 members (excludes halogenated alkanes) is 2. The number of allylic oxidation sites excluding steroid dienone is 1. The molecule has 2 aliphatic carbocycles. The molecule has 4 rings (SSSR count). The quantitative estimate of drug-likeness (QED) is 0.0954. The van der Waals surface area contributed by atoms with Crippen molar-refractivity contribution in [2.75, 3.05) is 0 Å². The second kappa shape index (κ2) is 14.2. The van der Waals surface area contributed by atoms with Crippen molar-refractivity contribution in [2.45, 2.75) is 90.9 Å². The van der Waals surface area contributed by atoms with E-state index in [1.54, 1.807) is 6.92 Å². The van der Waals surface area contributed by atoms with E-state index in [9.17, 15) is 22.4 Å². The van der Waals surface area contributed by atoms with E-state index in [4.69, 9.17) is 9.47 Å². The van der Waals surface area contributed by atoms with Gasteiger partial charge >= 0.3 is 5.97 Å². The summed E-state index contributed by atoms with van der Waals surface area (Å²) in [5, 5.41) is 0. The van der Waals surface area contributed by atoms with Crippen LogP contribution in [-0.4, -0.2) is 5.97 Å². The minimum atomic E-state index is -1.42. The first kappa shape index (κ1) is 30.1. The van der Waals surface area contributed by atoms with Gasteiger partial charge in [-0.05, 0) is 87.5 Å². The Hall–Kier alpha value is -2.83. The molecule has 2 saturated carbocycles. The summed E-state index contributed by atoms with van der Waals surface area (Å²) in [5.74, 6) is -5.20. The van der Waals surface area contributed by atoms with E-state index < -0.39 is 46.1 Å². The fourth-order valence-corrected chi connectivity index (χ4v) is 6.44. The largest absolute Gasteiger partial charge is 0.462 e. The Morgan fingerprint density at radius 3 is 1.90 bits per heavy atom. The van der Waals surface area contributed by atoms with Crippen LogP contribution >= 0.6 is 0 Å². The summed E-state index contributed by atoms with van der Waals surface area (Å²) >= 11 is 0. The lowest BCUT2D eigenvalue weighted by atomic mass is 9.68. The summed E-state index contributed by atoms with van der Waals surface area (Å²) in [5.41, 5.74) is -0.945. The zero-order valence-electron chi connectivity index (χ0n) is 23.5. The van der Waals surface area contributed by atoms with Crippen molar-refractivity contribution in [2.24, 2.45) is 23.7 Å². The van der Waals surface area contributed by atoms with E-state index in [-0.39, 0.29) is 11.7 Å². The Bertz CT molecular complexity index is 1180. The maximum atomic E-state index is 14.9. The highest BCUT2D eigenvalue weighted by Gasteiger charge is 2.34. The standard InChI is InChI=1S/C33H40F4O3/c1-3-5-6-7-21-8-10-22(11-9-21)23-12-14-24(15-13-23)33(38)40-28-19-17-26(30(35)32(28)37)25-16-18-27(39-20-4-2)31(36)29(25)34/h4,16-24H,3,5-15H2,1-2H3. The molecule has 40 heavy (non-hydrogen) atoms. The van der Waals surface area contributed by atoms with Gasteiger partial charge < -0.3 is 9.47 Å². The fourth-order valence-electron chi connectivity index (χ4n) is 6.44. The molecule has 0 atom stereocenters.